The highest BCUT2D eigenvalue weighted by atomic mass is 16.6. The Morgan fingerprint density at radius 3 is 1.77 bits per heavy atom. The Morgan fingerprint density at radius 1 is 0.667 bits per heavy atom. The molecule has 16 heteroatoms. The highest BCUT2D eigenvalue weighted by molar-refractivity contribution is 5.96. The maximum Gasteiger partial charge on any atom is 0.359 e. The highest BCUT2D eigenvalue weighted by Gasteiger charge is 2.65. The lowest BCUT2D eigenvalue weighted by Crippen LogP contribution is -2.65. The third-order valence-corrected chi connectivity index (χ3v) is 14.9. The zero-order valence-corrected chi connectivity index (χ0v) is 44.6. The van der Waals surface area contributed by atoms with E-state index in [0.717, 1.165) is 55.0 Å². The topological polar surface area (TPSA) is 204 Å². The minimum Gasteiger partial charge on any atom is -0.481 e. The Labute approximate surface area is 439 Å². The number of esters is 7. The molecular weight excluding hydrogens is 963 g/mol. The summed E-state index contributed by atoms with van der Waals surface area (Å²) in [5.41, 5.74) is 4.70. The van der Waals surface area contributed by atoms with Crippen LogP contribution in [0, 0.1) is 17.8 Å². The molecule has 402 valence electrons. The number of hydrogen-bond acceptors (Lipinski definition) is 16. The monoisotopic (exact) mass is 1030 g/mol. The molecule has 0 aromatic heterocycles. The second kappa shape index (κ2) is 24.3. The van der Waals surface area contributed by atoms with E-state index in [1.54, 1.807) is 44.2 Å². The number of Topliss-reactive ketones (excluding diaryl/α,β-unsaturated/α-hetero) is 1. The van der Waals surface area contributed by atoms with E-state index >= 15 is 0 Å². The van der Waals surface area contributed by atoms with E-state index in [9.17, 15) is 38.4 Å². The fourth-order valence-electron chi connectivity index (χ4n) is 11.0. The molecule has 2 bridgehead atoms. The van der Waals surface area contributed by atoms with Gasteiger partial charge in [-0.25, -0.2) is 4.79 Å². The summed E-state index contributed by atoms with van der Waals surface area (Å²) in [6.45, 7) is 13.4. The molecule has 0 amide bonds. The first-order chi connectivity index (χ1) is 35.7. The third-order valence-electron chi connectivity index (χ3n) is 14.9. The number of carbonyl (C=O) groups is 8. The fourth-order valence-corrected chi connectivity index (χ4v) is 11.0. The average Bonchev–Trinajstić information content (AvgIpc) is 3.75. The maximum absolute atomic E-state index is 13.9. The molecule has 2 aliphatic carbocycles. The Kier molecular flexibility index (Phi) is 18.2. The van der Waals surface area contributed by atoms with Crippen molar-refractivity contribution in [1.29, 1.82) is 0 Å². The molecular formula is C59H71NO15. The maximum atomic E-state index is 13.9. The number of likely N-dealkylation sites (N-methyl/N-ethyl adjacent to an activating group) is 1. The van der Waals surface area contributed by atoms with Gasteiger partial charge in [0.05, 0.1) is 18.9 Å². The van der Waals surface area contributed by atoms with Gasteiger partial charge < -0.3 is 38.1 Å². The number of methoxy groups -OCH3 is 1. The Morgan fingerprint density at radius 2 is 1.21 bits per heavy atom. The fraction of sp³-hybridized carbons (Fsp3) is 0.525. The molecule has 4 aliphatic rings. The summed E-state index contributed by atoms with van der Waals surface area (Å²) in [6.07, 6.45) is 1.07. The van der Waals surface area contributed by atoms with Gasteiger partial charge >= 0.3 is 41.8 Å². The van der Waals surface area contributed by atoms with Gasteiger partial charge in [-0.15, -0.1) is 0 Å². The van der Waals surface area contributed by atoms with E-state index in [4.69, 9.17) is 33.2 Å². The molecule has 16 nitrogen and oxygen atoms in total. The van der Waals surface area contributed by atoms with Crippen LogP contribution in [0.2, 0.25) is 0 Å². The number of ketones is 1. The molecule has 1 fully saturated rings. The van der Waals surface area contributed by atoms with Crippen molar-refractivity contribution >= 4 is 47.6 Å². The summed E-state index contributed by atoms with van der Waals surface area (Å²) in [5.74, 6) is -7.18. The predicted molar refractivity (Wildman–Crippen MR) is 273 cm³/mol. The van der Waals surface area contributed by atoms with Crippen molar-refractivity contribution in [3.8, 4) is 11.5 Å². The van der Waals surface area contributed by atoms with Crippen LogP contribution < -0.4 is 9.47 Å². The lowest BCUT2D eigenvalue weighted by Gasteiger charge is -2.56. The van der Waals surface area contributed by atoms with E-state index in [-0.39, 0.29) is 49.8 Å². The van der Waals surface area contributed by atoms with Crippen molar-refractivity contribution < 1.29 is 71.5 Å². The first-order valence-corrected chi connectivity index (χ1v) is 26.2. The number of carbonyl (C=O) groups excluding carboxylic acids is 8. The van der Waals surface area contributed by atoms with Gasteiger partial charge in [0.2, 0.25) is 12.2 Å². The van der Waals surface area contributed by atoms with Crippen LogP contribution >= 0.6 is 0 Å². The van der Waals surface area contributed by atoms with Gasteiger partial charge in [-0.2, -0.15) is 0 Å². The highest BCUT2D eigenvalue weighted by Crippen LogP contribution is 2.63. The molecule has 6 unspecified atom stereocenters. The summed E-state index contributed by atoms with van der Waals surface area (Å²) >= 11 is 0. The van der Waals surface area contributed by atoms with E-state index in [2.05, 4.69) is 45.7 Å². The third kappa shape index (κ3) is 12.9. The van der Waals surface area contributed by atoms with Gasteiger partial charge in [0.1, 0.15) is 6.10 Å². The summed E-state index contributed by atoms with van der Waals surface area (Å²) in [4.78, 5) is 109. The first kappa shape index (κ1) is 56.1. The molecule has 0 saturated carbocycles. The molecule has 1 spiro atoms. The predicted octanol–water partition coefficient (Wildman–Crippen LogP) is 7.95. The normalized spacial score (nSPS) is 21.6. The van der Waals surface area contributed by atoms with E-state index in [1.807, 2.05) is 36.4 Å². The number of nitrogens with zero attached hydrogens (tertiary/aromatic N) is 1. The van der Waals surface area contributed by atoms with E-state index in [0.29, 0.717) is 35.1 Å². The molecule has 7 rings (SSSR count). The van der Waals surface area contributed by atoms with Crippen molar-refractivity contribution in [2.45, 2.75) is 160 Å². The van der Waals surface area contributed by atoms with Crippen molar-refractivity contribution in [2.75, 3.05) is 20.7 Å². The zero-order valence-electron chi connectivity index (χ0n) is 44.6. The molecule has 1 saturated heterocycles. The zero-order chi connectivity index (χ0) is 54.3. The van der Waals surface area contributed by atoms with Crippen LogP contribution in [0.4, 0.5) is 0 Å². The smallest absolute Gasteiger partial charge is 0.359 e. The molecule has 9 atom stereocenters. The van der Waals surface area contributed by atoms with Gasteiger partial charge in [0.25, 0.3) is 0 Å². The van der Waals surface area contributed by atoms with Crippen LogP contribution in [0.3, 0.4) is 0 Å². The molecule has 0 radical (unpaired) electrons. The summed E-state index contributed by atoms with van der Waals surface area (Å²) < 4.78 is 39.9. The van der Waals surface area contributed by atoms with Crippen LogP contribution in [0.1, 0.15) is 139 Å². The Bertz CT molecular complexity index is 2650. The number of piperidine rings is 1. The molecule has 2 aliphatic heterocycles. The number of benzene rings is 3. The number of ether oxygens (including phenoxy) is 7. The number of likely N-dealkylation sites (tertiary alicyclic amines) is 1. The lowest BCUT2D eigenvalue weighted by molar-refractivity contribution is -0.187. The van der Waals surface area contributed by atoms with Crippen molar-refractivity contribution in [3.63, 3.8) is 0 Å². The quantitative estimate of drug-likeness (QED) is 0.0291. The second-order valence-electron chi connectivity index (χ2n) is 21.4. The average molecular weight is 1030 g/mol. The van der Waals surface area contributed by atoms with Gasteiger partial charge in [-0.3, -0.25) is 33.6 Å². The molecule has 75 heavy (non-hydrogen) atoms. The minimum absolute atomic E-state index is 0.0145. The van der Waals surface area contributed by atoms with Crippen LogP contribution in [0.15, 0.2) is 72.8 Å². The van der Waals surface area contributed by atoms with Crippen LogP contribution in [-0.2, 0) is 86.7 Å². The summed E-state index contributed by atoms with van der Waals surface area (Å²) in [7, 11) is 3.39. The van der Waals surface area contributed by atoms with Crippen LogP contribution in [0.5, 0.6) is 11.5 Å². The van der Waals surface area contributed by atoms with Gasteiger partial charge in [0.15, 0.2) is 23.4 Å². The van der Waals surface area contributed by atoms with Gasteiger partial charge in [0, 0.05) is 48.6 Å². The summed E-state index contributed by atoms with van der Waals surface area (Å²) in [6, 6.07) is 18.5. The molecule has 3 aromatic carbocycles. The van der Waals surface area contributed by atoms with Gasteiger partial charge in [-0.1, -0.05) is 88.4 Å². The van der Waals surface area contributed by atoms with E-state index in [1.165, 1.54) is 7.11 Å². The first-order valence-electron chi connectivity index (χ1n) is 26.2. The standard InChI is InChI=1S/C59H71NO15/c1-33(2)30-38-16-20-40(21-17-38)35(5)56(66)74-52(37(7)61)54(75-57(67)36(6)41-22-18-39(19-23-41)31-34(3)4)58(68)72-50(65)15-11-14-48(63)70-45-26-24-42-32-44-43-25-27-46(71-49(64)13-10-12-47(62)69-9)55-59(43,28-29-60(44)8)51(42)53(45)73-55/h16-27,33-36,43-44,46,52,54-55H,10-15,28-32H2,1-9H3/t35?,36?,43-,44?,46-,52?,54?,55-,59?/m0/s1. The minimum atomic E-state index is -2.15. The van der Waals surface area contributed by atoms with Crippen LogP contribution in [-0.4, -0.2) is 104 Å². The van der Waals surface area contributed by atoms with Crippen LogP contribution in [0.25, 0.3) is 0 Å². The SMILES string of the molecule is COC(=O)CCCC(=O)O[C@H]1C=C[C@H]2C3Cc4ccc(OC(=O)CCCC(=O)OC(=O)C(OC(=O)C(C)c5ccc(CC(C)C)cc5)C(OC(=O)C(C)c5ccc(CC(C)C)cc5)C(C)=O)c5c4C2(CCN3C)[C@H]1O5. The molecule has 2 heterocycles. The van der Waals surface area contributed by atoms with Crippen molar-refractivity contribution in [1.82, 2.24) is 4.90 Å². The number of hydrogen-bond donors (Lipinski definition) is 0. The second-order valence-corrected chi connectivity index (χ2v) is 21.4. The molecule has 3 aromatic rings. The van der Waals surface area contributed by atoms with Crippen molar-refractivity contribution in [3.05, 3.63) is 106 Å². The van der Waals surface area contributed by atoms with Gasteiger partial charge in [-0.05, 0) is 125 Å². The Hall–Kier alpha value is -6.68. The Balaban J connectivity index is 1.02. The van der Waals surface area contributed by atoms with Crippen molar-refractivity contribution in [2.24, 2.45) is 17.8 Å². The lowest BCUT2D eigenvalue weighted by atomic mass is 9.53. The van der Waals surface area contributed by atoms with E-state index < -0.39 is 95.7 Å². The number of rotatable bonds is 23. The summed E-state index contributed by atoms with van der Waals surface area (Å²) in [5, 5.41) is 0. The largest absolute Gasteiger partial charge is 0.481 e. The molecule has 0 N–H and O–H groups in total.